The van der Waals surface area contributed by atoms with Crippen molar-refractivity contribution in [3.05, 3.63) is 0 Å². The number of rotatable bonds is 0. The normalized spacial score (nSPS) is 3.33. The molecule has 0 heterocycles. The lowest BCUT2D eigenvalue weighted by molar-refractivity contribution is -0.176. The van der Waals surface area contributed by atoms with Gasteiger partial charge in [0.2, 0.25) is 0 Å². The van der Waals surface area contributed by atoms with E-state index in [2.05, 4.69) is 13.8 Å². The molecule has 0 aliphatic heterocycles. The quantitative estimate of drug-likeness (QED) is 0.355. The smallest absolute Gasteiger partial charge is 0.0590 e. The molecule has 0 aliphatic rings. The van der Waals surface area contributed by atoms with Gasteiger partial charge in [0.15, 0.2) is 0 Å². The van der Waals surface area contributed by atoms with E-state index in [0.29, 0.717) is 0 Å². The van der Waals surface area contributed by atoms with Crippen molar-refractivity contribution in [1.29, 1.82) is 0 Å². The van der Waals surface area contributed by atoms with Crippen LogP contribution >= 0.6 is 0 Å². The Labute approximate surface area is 57.3 Å². The molecule has 0 spiro atoms. The Morgan fingerprint density at radius 2 is 1.00 bits per heavy atom. The third-order valence-electron chi connectivity index (χ3n) is 0. The Morgan fingerprint density at radius 3 is 1.00 bits per heavy atom. The monoisotopic (exact) mass is 143 g/mol. The molecule has 0 aliphatic carbocycles. The van der Waals surface area contributed by atoms with Crippen molar-refractivity contribution < 1.29 is 16.0 Å². The summed E-state index contributed by atoms with van der Waals surface area (Å²) in [6.45, 7) is 8.25. The number of hydrogen-bond acceptors (Lipinski definition) is 3. The summed E-state index contributed by atoms with van der Waals surface area (Å²) in [6.07, 6.45) is 1.25. The maximum Gasteiger partial charge on any atom is -0.0590 e. The maximum atomic E-state index is 6.00. The van der Waals surface area contributed by atoms with Crippen LogP contribution in [0.2, 0.25) is 0 Å². The largest absolute Gasteiger partial charge is 0.412 e. The fraction of sp³-hybridized carbons (Fsp3) is 1.00. The van der Waals surface area contributed by atoms with Crippen molar-refractivity contribution in [3.8, 4) is 0 Å². The van der Waals surface area contributed by atoms with Gasteiger partial charge in [0, 0.05) is 0 Å². The second-order valence-electron chi connectivity index (χ2n) is 0.707. The summed E-state index contributed by atoms with van der Waals surface area (Å²) in [7, 11) is 0. The Morgan fingerprint density at radius 1 is 1.00 bits per heavy atom. The minimum absolute atomic E-state index is 0. The Hall–Kier alpha value is -0.160. The zero-order valence-corrected chi connectivity index (χ0v) is 6.81. The van der Waals surface area contributed by atoms with E-state index in [-0.39, 0.29) is 11.6 Å². The van der Waals surface area contributed by atoms with Crippen LogP contribution < -0.4 is 6.15 Å². The van der Waals surface area contributed by atoms with E-state index in [0.717, 1.165) is 0 Å². The summed E-state index contributed by atoms with van der Waals surface area (Å²) in [5.41, 5.74) is 0. The van der Waals surface area contributed by atoms with E-state index >= 15 is 0 Å². The summed E-state index contributed by atoms with van der Waals surface area (Å²) in [5, 5.41) is 12.0. The predicted octanol–water partition coefficient (Wildman–Crippen LogP) is 1.80. The van der Waals surface area contributed by atoms with Crippen LogP contribution in [-0.4, -0.2) is 16.0 Å². The SMILES string of the molecule is CC.CCC.N.O.OO. The Bertz CT molecular complexity index is 12.2. The molecular formula is C5H21NO3. The lowest BCUT2D eigenvalue weighted by atomic mass is 10.6. The molecule has 0 saturated heterocycles. The van der Waals surface area contributed by atoms with Gasteiger partial charge in [0.05, 0.1) is 0 Å². The summed E-state index contributed by atoms with van der Waals surface area (Å²) in [4.78, 5) is 0. The highest BCUT2D eigenvalue weighted by atomic mass is 17.0. The highest BCUT2D eigenvalue weighted by Gasteiger charge is 1.35. The fourth-order valence-corrected chi connectivity index (χ4v) is 0. The van der Waals surface area contributed by atoms with Crippen molar-refractivity contribution in [2.45, 2.75) is 34.1 Å². The third-order valence-corrected chi connectivity index (χ3v) is 0. The summed E-state index contributed by atoms with van der Waals surface area (Å²) in [5.74, 6) is 0. The van der Waals surface area contributed by atoms with E-state index in [1.54, 1.807) is 0 Å². The van der Waals surface area contributed by atoms with Crippen LogP contribution in [0.25, 0.3) is 0 Å². The zero-order valence-electron chi connectivity index (χ0n) is 6.81. The maximum absolute atomic E-state index is 6.00. The summed E-state index contributed by atoms with van der Waals surface area (Å²) < 4.78 is 0. The van der Waals surface area contributed by atoms with E-state index in [1.165, 1.54) is 6.42 Å². The van der Waals surface area contributed by atoms with Crippen LogP contribution in [0.3, 0.4) is 0 Å². The molecule has 0 saturated carbocycles. The Kier molecular flexibility index (Phi) is 2130. The van der Waals surface area contributed by atoms with Gasteiger partial charge < -0.3 is 11.6 Å². The molecule has 4 nitrogen and oxygen atoms in total. The van der Waals surface area contributed by atoms with Crippen molar-refractivity contribution in [2.75, 3.05) is 0 Å². The van der Waals surface area contributed by atoms with Crippen molar-refractivity contribution in [3.63, 3.8) is 0 Å². The van der Waals surface area contributed by atoms with Gasteiger partial charge in [-0.25, -0.2) is 0 Å². The van der Waals surface area contributed by atoms with E-state index in [4.69, 9.17) is 10.5 Å². The van der Waals surface area contributed by atoms with E-state index in [1.807, 2.05) is 13.8 Å². The topological polar surface area (TPSA) is 107 Å². The minimum atomic E-state index is 0. The molecule has 0 bridgehead atoms. The molecule has 0 amide bonds. The minimum Gasteiger partial charge on any atom is -0.412 e. The molecule has 4 heteroatoms. The second-order valence-corrected chi connectivity index (χ2v) is 0.707. The lowest BCUT2D eigenvalue weighted by Crippen LogP contribution is -1.29. The average Bonchev–Trinajstić information content (AvgIpc) is 1.78. The van der Waals surface area contributed by atoms with Crippen LogP contribution in [0.4, 0.5) is 0 Å². The van der Waals surface area contributed by atoms with Crippen molar-refractivity contribution >= 4 is 0 Å². The van der Waals surface area contributed by atoms with Crippen LogP contribution in [-0.2, 0) is 0 Å². The fourth-order valence-electron chi connectivity index (χ4n) is 0. The molecule has 7 N–H and O–H groups in total. The predicted molar refractivity (Wildman–Crippen MR) is 41.2 cm³/mol. The van der Waals surface area contributed by atoms with Crippen LogP contribution in [0, 0.1) is 0 Å². The molecule has 0 unspecified atom stereocenters. The molecule has 0 aromatic heterocycles. The second kappa shape index (κ2) is 520. The standard InChI is InChI=1S/C3H8.C2H6.H3N.H2O2.H2O/c1-3-2;1-2;;1-2;/h3H2,1-2H3;1-2H3;1H3;1-2H;1H2. The average molecular weight is 143 g/mol. The summed E-state index contributed by atoms with van der Waals surface area (Å²) >= 11 is 0. The summed E-state index contributed by atoms with van der Waals surface area (Å²) in [6, 6.07) is 0. The molecule has 0 rings (SSSR count). The first kappa shape index (κ1) is 36.8. The molecule has 0 aromatic rings. The van der Waals surface area contributed by atoms with Gasteiger partial charge in [0.25, 0.3) is 0 Å². The van der Waals surface area contributed by atoms with Crippen LogP contribution in [0.5, 0.6) is 0 Å². The first-order valence-electron chi connectivity index (χ1n) is 2.61. The Balaban J connectivity index is -0.00000000825. The lowest BCUT2D eigenvalue weighted by Gasteiger charge is -1.48. The zero-order chi connectivity index (χ0) is 6.71. The highest BCUT2D eigenvalue weighted by molar-refractivity contribution is 3.92. The van der Waals surface area contributed by atoms with Crippen LogP contribution in [0.15, 0.2) is 0 Å². The van der Waals surface area contributed by atoms with Crippen molar-refractivity contribution in [1.82, 2.24) is 6.15 Å². The van der Waals surface area contributed by atoms with Gasteiger partial charge in [-0.2, -0.15) is 0 Å². The highest BCUT2D eigenvalue weighted by Crippen LogP contribution is 1.56. The molecule has 0 atom stereocenters. The van der Waals surface area contributed by atoms with Gasteiger partial charge in [-0.05, 0) is 0 Å². The number of hydrogen-bond donors (Lipinski definition) is 3. The van der Waals surface area contributed by atoms with Crippen LogP contribution in [0.1, 0.15) is 34.1 Å². The van der Waals surface area contributed by atoms with Gasteiger partial charge in [0.1, 0.15) is 0 Å². The van der Waals surface area contributed by atoms with Gasteiger partial charge >= 0.3 is 0 Å². The molecule has 0 radical (unpaired) electrons. The molecule has 0 fully saturated rings. The first-order valence-corrected chi connectivity index (χ1v) is 2.61. The van der Waals surface area contributed by atoms with Gasteiger partial charge in [-0.1, -0.05) is 34.1 Å². The van der Waals surface area contributed by atoms with Gasteiger partial charge in [-0.15, -0.1) is 0 Å². The van der Waals surface area contributed by atoms with E-state index in [9.17, 15) is 0 Å². The molecule has 0 aromatic carbocycles. The third kappa shape index (κ3) is 10400. The molecule has 64 valence electrons. The molecule has 9 heavy (non-hydrogen) atoms. The van der Waals surface area contributed by atoms with Crippen molar-refractivity contribution in [2.24, 2.45) is 0 Å². The molecular weight excluding hydrogens is 122 g/mol. The van der Waals surface area contributed by atoms with Gasteiger partial charge in [-0.3, -0.25) is 10.5 Å². The van der Waals surface area contributed by atoms with E-state index < -0.39 is 0 Å². The first-order chi connectivity index (χ1) is 3.41.